The van der Waals surface area contributed by atoms with Gasteiger partial charge in [-0.05, 0) is 41.0 Å². The lowest BCUT2D eigenvalue weighted by molar-refractivity contribution is -0.152. The Morgan fingerprint density at radius 3 is 1.93 bits per heavy atom. The van der Waals surface area contributed by atoms with E-state index in [0.717, 1.165) is 39.1 Å². The van der Waals surface area contributed by atoms with Crippen LogP contribution in [0.4, 0.5) is 0 Å². The number of hydrogen-bond donors (Lipinski definition) is 0. The van der Waals surface area contributed by atoms with Crippen LogP contribution in [0.1, 0.15) is 51.3 Å². The van der Waals surface area contributed by atoms with E-state index in [1.165, 1.54) is 0 Å². The fraction of sp³-hybridized carbons (Fsp3) is 0.242. The monoisotopic (exact) mass is 538 g/mol. The van der Waals surface area contributed by atoms with Gasteiger partial charge < -0.3 is 28.4 Å². The van der Waals surface area contributed by atoms with Gasteiger partial charge in [-0.2, -0.15) is 0 Å². The van der Waals surface area contributed by atoms with E-state index < -0.39 is 12.0 Å². The van der Waals surface area contributed by atoms with Crippen molar-refractivity contribution in [3.8, 4) is 28.7 Å². The van der Waals surface area contributed by atoms with E-state index >= 15 is 0 Å². The van der Waals surface area contributed by atoms with E-state index in [-0.39, 0.29) is 11.9 Å². The van der Waals surface area contributed by atoms with Gasteiger partial charge in [-0.1, -0.05) is 42.5 Å². The fourth-order valence-electron chi connectivity index (χ4n) is 5.84. The van der Waals surface area contributed by atoms with Crippen LogP contribution in [0.2, 0.25) is 0 Å². The second-order valence-corrected chi connectivity index (χ2v) is 9.78. The van der Waals surface area contributed by atoms with Crippen LogP contribution >= 0.6 is 0 Å². The minimum Gasteiger partial charge on any atom is -0.497 e. The molecule has 1 heterocycles. The van der Waals surface area contributed by atoms with Crippen molar-refractivity contribution in [1.82, 2.24) is 0 Å². The van der Waals surface area contributed by atoms with Gasteiger partial charge in [0.25, 0.3) is 0 Å². The van der Waals surface area contributed by atoms with Crippen molar-refractivity contribution in [3.63, 3.8) is 0 Å². The predicted molar refractivity (Wildman–Crippen MR) is 149 cm³/mol. The number of benzene rings is 4. The SMILES string of the molecule is COc1cc(OC)c2c(c1)[C@@H]1C(=O)O[C@H](c3cc(OC)cc(OC)c31)[C@H]2c1ccc(OCc2ccccc2)cc1. The van der Waals surface area contributed by atoms with Crippen LogP contribution in [-0.4, -0.2) is 34.4 Å². The standard InChI is InChI=1S/C33H30O7/c1-35-22-14-24-29(26(16-22)37-3)28(20-10-12-21(13-11-20)39-18-19-8-6-5-7-9-19)32-25-15-23(36-2)17-27(38-4)30(25)31(24)33(34)40-32/h5-17,28,31-32H,18H2,1-4H3/t28-,31-,32+/m0/s1. The van der Waals surface area contributed by atoms with Crippen LogP contribution < -0.4 is 23.7 Å². The van der Waals surface area contributed by atoms with Crippen molar-refractivity contribution in [1.29, 1.82) is 0 Å². The van der Waals surface area contributed by atoms with E-state index in [1.54, 1.807) is 34.5 Å². The summed E-state index contributed by atoms with van der Waals surface area (Å²) in [6.45, 7) is 0.467. The lowest BCUT2D eigenvalue weighted by atomic mass is 9.82. The Balaban J connectivity index is 1.51. The average Bonchev–Trinajstić information content (AvgIpc) is 3.20. The van der Waals surface area contributed by atoms with Crippen LogP contribution in [0.3, 0.4) is 0 Å². The Bertz CT molecular complexity index is 1550. The first kappa shape index (κ1) is 25.6. The van der Waals surface area contributed by atoms with Crippen LogP contribution in [-0.2, 0) is 16.1 Å². The van der Waals surface area contributed by atoms with Crippen LogP contribution in [0.15, 0.2) is 78.9 Å². The maximum Gasteiger partial charge on any atom is 0.318 e. The minimum absolute atomic E-state index is 0.345. The van der Waals surface area contributed by atoms with E-state index in [0.29, 0.717) is 29.6 Å². The minimum atomic E-state index is -0.718. The van der Waals surface area contributed by atoms with Gasteiger partial charge in [0, 0.05) is 28.8 Å². The van der Waals surface area contributed by atoms with Gasteiger partial charge in [0.1, 0.15) is 47.4 Å². The summed E-state index contributed by atoms with van der Waals surface area (Å²) in [5.41, 5.74) is 5.29. The molecule has 4 aromatic rings. The maximum absolute atomic E-state index is 13.7. The van der Waals surface area contributed by atoms with Gasteiger partial charge in [0.2, 0.25) is 0 Å². The molecule has 1 aliphatic carbocycles. The molecule has 0 aromatic heterocycles. The third-order valence-corrected chi connectivity index (χ3v) is 7.69. The number of carbonyl (C=O) groups excluding carboxylic acids is 1. The molecule has 4 aromatic carbocycles. The first-order chi connectivity index (χ1) is 19.6. The number of ether oxygens (including phenoxy) is 6. The summed E-state index contributed by atoms with van der Waals surface area (Å²) in [5.74, 6) is 1.71. The average molecular weight is 539 g/mol. The molecule has 0 spiro atoms. The normalized spacial score (nSPS) is 18.6. The topological polar surface area (TPSA) is 72.5 Å². The molecule has 0 radical (unpaired) electrons. The quantitative estimate of drug-likeness (QED) is 0.248. The zero-order valence-corrected chi connectivity index (χ0v) is 22.8. The maximum atomic E-state index is 13.7. The summed E-state index contributed by atoms with van der Waals surface area (Å²) in [4.78, 5) is 13.7. The fourth-order valence-corrected chi connectivity index (χ4v) is 5.84. The molecule has 2 bridgehead atoms. The first-order valence-corrected chi connectivity index (χ1v) is 13.0. The molecule has 204 valence electrons. The molecule has 40 heavy (non-hydrogen) atoms. The molecule has 0 fully saturated rings. The van der Waals surface area contributed by atoms with E-state index in [9.17, 15) is 4.79 Å². The van der Waals surface area contributed by atoms with E-state index in [1.807, 2.05) is 72.8 Å². The molecule has 1 aliphatic heterocycles. The summed E-state index contributed by atoms with van der Waals surface area (Å²) in [6, 6.07) is 25.4. The Morgan fingerprint density at radius 2 is 1.30 bits per heavy atom. The molecule has 0 saturated heterocycles. The van der Waals surface area contributed by atoms with Crippen molar-refractivity contribution >= 4 is 5.97 Å². The lowest BCUT2D eigenvalue weighted by Crippen LogP contribution is -2.27. The molecule has 0 saturated carbocycles. The summed E-state index contributed by atoms with van der Waals surface area (Å²) in [7, 11) is 6.42. The van der Waals surface area contributed by atoms with Gasteiger partial charge in [-0.25, -0.2) is 0 Å². The Labute approximate surface area is 233 Å². The van der Waals surface area contributed by atoms with Crippen LogP contribution in [0.5, 0.6) is 28.7 Å². The van der Waals surface area contributed by atoms with Crippen molar-refractivity contribution in [2.45, 2.75) is 24.5 Å². The van der Waals surface area contributed by atoms with Gasteiger partial charge in [-0.15, -0.1) is 0 Å². The smallest absolute Gasteiger partial charge is 0.318 e. The second kappa shape index (κ2) is 10.5. The highest BCUT2D eigenvalue weighted by Gasteiger charge is 2.49. The Morgan fingerprint density at radius 1 is 0.675 bits per heavy atom. The molecule has 0 unspecified atom stereocenters. The summed E-state index contributed by atoms with van der Waals surface area (Å²) < 4.78 is 35.2. The highest BCUT2D eigenvalue weighted by atomic mass is 16.5. The number of methoxy groups -OCH3 is 4. The zero-order valence-electron chi connectivity index (χ0n) is 22.8. The Hall–Kier alpha value is -4.65. The predicted octanol–water partition coefficient (Wildman–Crippen LogP) is 6.18. The third-order valence-electron chi connectivity index (χ3n) is 7.69. The second-order valence-electron chi connectivity index (χ2n) is 9.78. The molecule has 0 amide bonds. The van der Waals surface area contributed by atoms with Crippen molar-refractivity contribution in [2.75, 3.05) is 28.4 Å². The molecule has 2 aliphatic rings. The number of carbonyl (C=O) groups is 1. The lowest BCUT2D eigenvalue weighted by Gasteiger charge is -2.32. The third kappa shape index (κ3) is 4.28. The van der Waals surface area contributed by atoms with Crippen molar-refractivity contribution in [2.24, 2.45) is 0 Å². The number of hydrogen-bond acceptors (Lipinski definition) is 7. The molecule has 0 N–H and O–H groups in total. The van der Waals surface area contributed by atoms with Crippen molar-refractivity contribution < 1.29 is 33.2 Å². The molecule has 3 atom stereocenters. The van der Waals surface area contributed by atoms with Gasteiger partial charge in [0.05, 0.1) is 34.4 Å². The van der Waals surface area contributed by atoms with Gasteiger partial charge in [0.15, 0.2) is 0 Å². The van der Waals surface area contributed by atoms with Gasteiger partial charge in [-0.3, -0.25) is 4.79 Å². The summed E-state index contributed by atoms with van der Waals surface area (Å²) >= 11 is 0. The summed E-state index contributed by atoms with van der Waals surface area (Å²) in [5, 5.41) is 0. The number of esters is 1. The first-order valence-electron chi connectivity index (χ1n) is 13.0. The number of rotatable bonds is 8. The molecular weight excluding hydrogens is 508 g/mol. The summed E-state index contributed by atoms with van der Waals surface area (Å²) in [6.07, 6.45) is -0.637. The van der Waals surface area contributed by atoms with Crippen molar-refractivity contribution in [3.05, 3.63) is 112 Å². The zero-order chi connectivity index (χ0) is 27.8. The largest absolute Gasteiger partial charge is 0.497 e. The highest BCUT2D eigenvalue weighted by molar-refractivity contribution is 5.89. The van der Waals surface area contributed by atoms with E-state index in [4.69, 9.17) is 28.4 Å². The van der Waals surface area contributed by atoms with Crippen LogP contribution in [0, 0.1) is 0 Å². The molecule has 6 rings (SSSR count). The van der Waals surface area contributed by atoms with E-state index in [2.05, 4.69) is 0 Å². The number of fused-ring (bicyclic) bond motifs is 2. The molecule has 7 nitrogen and oxygen atoms in total. The molecular formula is C33H30O7. The molecule has 7 heteroatoms. The van der Waals surface area contributed by atoms with Gasteiger partial charge >= 0.3 is 5.97 Å². The highest BCUT2D eigenvalue weighted by Crippen LogP contribution is 2.58. The van der Waals surface area contributed by atoms with Crippen LogP contribution in [0.25, 0.3) is 0 Å². The Kier molecular flexibility index (Phi) is 6.72.